The van der Waals surface area contributed by atoms with E-state index in [9.17, 15) is 14.3 Å². The Morgan fingerprint density at radius 2 is 2.24 bits per heavy atom. The molecule has 0 spiro atoms. The van der Waals surface area contributed by atoms with Gasteiger partial charge in [0.05, 0.1) is 4.92 Å². The molecule has 0 heterocycles. The highest BCUT2D eigenvalue weighted by molar-refractivity contribution is 7.84. The van der Waals surface area contributed by atoms with E-state index in [0.717, 1.165) is 0 Å². The van der Waals surface area contributed by atoms with Crippen LogP contribution in [-0.4, -0.2) is 27.2 Å². The minimum absolute atomic E-state index is 0.0878. The SMILES string of the molecule is CC(CS(C)=O)Nc1cccc(Cl)c1[N+](=O)[O-]. The molecule has 0 bridgehead atoms. The predicted octanol–water partition coefficient (Wildman–Crippen LogP) is 2.43. The number of halogens is 1. The third-order valence-electron chi connectivity index (χ3n) is 2.06. The number of para-hydroxylation sites is 1. The molecular formula is C10H13ClN2O3S. The Morgan fingerprint density at radius 1 is 1.59 bits per heavy atom. The van der Waals surface area contributed by atoms with E-state index in [0.29, 0.717) is 11.4 Å². The summed E-state index contributed by atoms with van der Waals surface area (Å²) in [4.78, 5) is 10.3. The van der Waals surface area contributed by atoms with E-state index >= 15 is 0 Å². The monoisotopic (exact) mass is 276 g/mol. The standard InChI is InChI=1S/C10H13ClN2O3S/c1-7(6-17(2)16)12-9-5-3-4-8(11)10(9)13(14)15/h3-5,7,12H,6H2,1-2H3. The second-order valence-corrected chi connectivity index (χ2v) is 5.57. The molecule has 7 heteroatoms. The second-order valence-electron chi connectivity index (χ2n) is 3.68. The van der Waals surface area contributed by atoms with Gasteiger partial charge in [0.15, 0.2) is 0 Å². The van der Waals surface area contributed by atoms with Crippen molar-refractivity contribution in [3.63, 3.8) is 0 Å². The van der Waals surface area contributed by atoms with Gasteiger partial charge in [-0.25, -0.2) is 0 Å². The van der Waals surface area contributed by atoms with Gasteiger partial charge in [-0.05, 0) is 19.1 Å². The van der Waals surface area contributed by atoms with Crippen molar-refractivity contribution in [2.45, 2.75) is 13.0 Å². The van der Waals surface area contributed by atoms with E-state index in [2.05, 4.69) is 5.32 Å². The van der Waals surface area contributed by atoms with Crippen molar-refractivity contribution in [2.75, 3.05) is 17.3 Å². The minimum atomic E-state index is -0.957. The fourth-order valence-electron chi connectivity index (χ4n) is 1.48. The molecule has 0 fully saturated rings. The number of hydrogen-bond acceptors (Lipinski definition) is 4. The van der Waals surface area contributed by atoms with E-state index in [-0.39, 0.29) is 16.8 Å². The number of hydrogen-bond donors (Lipinski definition) is 1. The van der Waals surface area contributed by atoms with Gasteiger partial charge in [-0.1, -0.05) is 17.7 Å². The Morgan fingerprint density at radius 3 is 2.76 bits per heavy atom. The van der Waals surface area contributed by atoms with Crippen LogP contribution < -0.4 is 5.32 Å². The lowest BCUT2D eigenvalue weighted by Crippen LogP contribution is -2.22. The molecule has 0 aliphatic rings. The van der Waals surface area contributed by atoms with Crippen LogP contribution in [0.3, 0.4) is 0 Å². The Balaban J connectivity index is 2.94. The summed E-state index contributed by atoms with van der Waals surface area (Å²) in [7, 11) is -0.957. The van der Waals surface area contributed by atoms with Crippen LogP contribution >= 0.6 is 11.6 Å². The normalized spacial score (nSPS) is 14.1. The van der Waals surface area contributed by atoms with E-state index in [1.165, 1.54) is 6.07 Å². The quantitative estimate of drug-likeness (QED) is 0.662. The first kappa shape index (κ1) is 13.9. The molecule has 5 nitrogen and oxygen atoms in total. The van der Waals surface area contributed by atoms with Gasteiger partial charge in [0.1, 0.15) is 10.7 Å². The summed E-state index contributed by atoms with van der Waals surface area (Å²) in [6.07, 6.45) is 1.59. The summed E-state index contributed by atoms with van der Waals surface area (Å²) < 4.78 is 11.0. The van der Waals surface area contributed by atoms with Crippen molar-refractivity contribution < 1.29 is 9.13 Å². The highest BCUT2D eigenvalue weighted by atomic mass is 35.5. The summed E-state index contributed by atoms with van der Waals surface area (Å²) >= 11 is 5.77. The number of rotatable bonds is 5. The topological polar surface area (TPSA) is 72.2 Å². The molecule has 2 unspecified atom stereocenters. The fourth-order valence-corrected chi connectivity index (χ4v) is 2.51. The van der Waals surface area contributed by atoms with Crippen LogP contribution in [0.1, 0.15) is 6.92 Å². The van der Waals surface area contributed by atoms with E-state index < -0.39 is 15.7 Å². The molecule has 1 aromatic carbocycles. The lowest BCUT2D eigenvalue weighted by atomic mass is 10.2. The zero-order valence-electron chi connectivity index (χ0n) is 9.47. The van der Waals surface area contributed by atoms with Crippen molar-refractivity contribution in [1.29, 1.82) is 0 Å². The first-order valence-corrected chi connectivity index (χ1v) is 7.01. The molecule has 0 aliphatic heterocycles. The maximum absolute atomic E-state index is 11.0. The van der Waals surface area contributed by atoms with Crippen LogP contribution in [0.25, 0.3) is 0 Å². The van der Waals surface area contributed by atoms with Crippen LogP contribution in [0.4, 0.5) is 11.4 Å². The number of nitro benzene ring substituents is 1. The van der Waals surface area contributed by atoms with Crippen LogP contribution in [-0.2, 0) is 10.8 Å². The minimum Gasteiger partial charge on any atom is -0.376 e. The summed E-state index contributed by atoms with van der Waals surface area (Å²) in [5.41, 5.74) is 0.198. The highest BCUT2D eigenvalue weighted by Gasteiger charge is 2.19. The number of nitro groups is 1. The molecule has 0 aromatic heterocycles. The van der Waals surface area contributed by atoms with Crippen LogP contribution in [0.2, 0.25) is 5.02 Å². The number of anilines is 1. The van der Waals surface area contributed by atoms with Crippen LogP contribution in [0.5, 0.6) is 0 Å². The molecule has 17 heavy (non-hydrogen) atoms. The van der Waals surface area contributed by atoms with Crippen molar-refractivity contribution in [2.24, 2.45) is 0 Å². The summed E-state index contributed by atoms with van der Waals surface area (Å²) in [6, 6.07) is 4.55. The third kappa shape index (κ3) is 3.98. The Kier molecular flexibility index (Phi) is 4.89. The van der Waals surface area contributed by atoms with Gasteiger partial charge in [0.2, 0.25) is 0 Å². The van der Waals surface area contributed by atoms with Crippen molar-refractivity contribution in [3.8, 4) is 0 Å². The molecule has 1 aromatic rings. The summed E-state index contributed by atoms with van der Waals surface area (Å²) in [5, 5.41) is 13.9. The van der Waals surface area contributed by atoms with E-state index in [1.54, 1.807) is 18.4 Å². The second kappa shape index (κ2) is 5.97. The van der Waals surface area contributed by atoms with Gasteiger partial charge >= 0.3 is 5.69 Å². The summed E-state index contributed by atoms with van der Waals surface area (Å²) in [6.45, 7) is 1.81. The number of nitrogens with zero attached hydrogens (tertiary/aromatic N) is 1. The smallest absolute Gasteiger partial charge is 0.310 e. The molecule has 0 saturated carbocycles. The maximum atomic E-state index is 11.0. The Hall–Kier alpha value is -1.14. The molecule has 2 atom stereocenters. The first-order valence-electron chi connectivity index (χ1n) is 4.91. The van der Waals surface area contributed by atoms with Crippen molar-refractivity contribution in [3.05, 3.63) is 33.3 Å². The lowest BCUT2D eigenvalue weighted by Gasteiger charge is -2.14. The van der Waals surface area contributed by atoms with Gasteiger partial charge in [-0.15, -0.1) is 0 Å². The maximum Gasteiger partial charge on any atom is 0.310 e. The molecule has 94 valence electrons. The van der Waals surface area contributed by atoms with Gasteiger partial charge < -0.3 is 5.32 Å². The van der Waals surface area contributed by atoms with Gasteiger partial charge in [-0.3, -0.25) is 14.3 Å². The van der Waals surface area contributed by atoms with Gasteiger partial charge in [-0.2, -0.15) is 0 Å². The van der Waals surface area contributed by atoms with E-state index in [4.69, 9.17) is 11.6 Å². The molecule has 0 amide bonds. The average molecular weight is 277 g/mol. The first-order chi connectivity index (χ1) is 7.91. The van der Waals surface area contributed by atoms with Crippen molar-refractivity contribution >= 4 is 33.8 Å². The van der Waals surface area contributed by atoms with Crippen molar-refractivity contribution in [1.82, 2.24) is 0 Å². The molecule has 0 radical (unpaired) electrons. The zero-order chi connectivity index (χ0) is 13.0. The molecule has 0 aliphatic carbocycles. The summed E-state index contributed by atoms with van der Waals surface area (Å²) in [5.74, 6) is 0.420. The highest BCUT2D eigenvalue weighted by Crippen LogP contribution is 2.32. The fraction of sp³-hybridized carbons (Fsp3) is 0.400. The molecule has 1 N–H and O–H groups in total. The predicted molar refractivity (Wildman–Crippen MR) is 70.1 cm³/mol. The Bertz CT molecular complexity index is 453. The van der Waals surface area contributed by atoms with Crippen LogP contribution in [0.15, 0.2) is 18.2 Å². The van der Waals surface area contributed by atoms with Gasteiger partial charge in [0.25, 0.3) is 0 Å². The van der Waals surface area contributed by atoms with Gasteiger partial charge in [0, 0.05) is 28.9 Å². The molecular weight excluding hydrogens is 264 g/mol. The number of benzene rings is 1. The zero-order valence-corrected chi connectivity index (χ0v) is 11.0. The molecule has 1 rings (SSSR count). The van der Waals surface area contributed by atoms with E-state index in [1.807, 2.05) is 6.92 Å². The largest absolute Gasteiger partial charge is 0.376 e. The third-order valence-corrected chi connectivity index (χ3v) is 3.33. The van der Waals surface area contributed by atoms with Crippen LogP contribution in [0, 0.1) is 10.1 Å². The lowest BCUT2D eigenvalue weighted by molar-refractivity contribution is -0.383. The average Bonchev–Trinajstić information content (AvgIpc) is 2.15. The number of nitrogens with one attached hydrogen (secondary N) is 1. The molecule has 0 saturated heterocycles. The Labute approximate surface area is 107 Å².